The van der Waals surface area contributed by atoms with Crippen LogP contribution in [0.2, 0.25) is 0 Å². The predicted molar refractivity (Wildman–Crippen MR) is 89.1 cm³/mol. The van der Waals surface area contributed by atoms with Crippen molar-refractivity contribution >= 4 is 12.0 Å². The van der Waals surface area contributed by atoms with Crippen molar-refractivity contribution in [2.24, 2.45) is 11.8 Å². The normalized spacial score (nSPS) is 28.6. The van der Waals surface area contributed by atoms with Gasteiger partial charge in [-0.15, -0.1) is 0 Å². The van der Waals surface area contributed by atoms with Crippen molar-refractivity contribution < 1.29 is 14.3 Å². The average molecular weight is 325 g/mol. The first-order valence-corrected chi connectivity index (χ1v) is 8.95. The molecule has 0 bridgehead atoms. The molecule has 2 atom stereocenters. The molecule has 1 saturated heterocycles. The molecule has 132 valence electrons. The van der Waals surface area contributed by atoms with Crippen molar-refractivity contribution in [3.63, 3.8) is 0 Å². The Labute approximate surface area is 139 Å². The van der Waals surface area contributed by atoms with Crippen LogP contribution in [0.3, 0.4) is 0 Å². The van der Waals surface area contributed by atoms with E-state index in [1.54, 1.807) is 11.8 Å². The van der Waals surface area contributed by atoms with E-state index in [0.29, 0.717) is 57.2 Å². The molecule has 2 unspecified atom stereocenters. The minimum absolute atomic E-state index is 0.137. The molecule has 1 saturated carbocycles. The monoisotopic (exact) mass is 325 g/mol. The number of rotatable bonds is 4. The summed E-state index contributed by atoms with van der Waals surface area (Å²) in [4.78, 5) is 27.6. The zero-order valence-corrected chi connectivity index (χ0v) is 14.7. The molecule has 0 aromatic carbocycles. The van der Waals surface area contributed by atoms with Crippen LogP contribution in [0.1, 0.15) is 40.0 Å². The number of hydrogen-bond donors (Lipinski definition) is 1. The third kappa shape index (κ3) is 4.83. The molecule has 0 radical (unpaired) electrons. The van der Waals surface area contributed by atoms with Crippen molar-refractivity contribution in [2.45, 2.75) is 46.1 Å². The summed E-state index contributed by atoms with van der Waals surface area (Å²) < 4.78 is 5.00. The summed E-state index contributed by atoms with van der Waals surface area (Å²) in [6.45, 7) is 9.44. The van der Waals surface area contributed by atoms with Crippen LogP contribution in [0.25, 0.3) is 0 Å². The molecule has 1 N–H and O–H groups in total. The van der Waals surface area contributed by atoms with E-state index in [-0.39, 0.29) is 12.0 Å². The van der Waals surface area contributed by atoms with Gasteiger partial charge in [0.05, 0.1) is 13.2 Å². The van der Waals surface area contributed by atoms with Gasteiger partial charge in [0.15, 0.2) is 0 Å². The average Bonchev–Trinajstić information content (AvgIpc) is 2.54. The van der Waals surface area contributed by atoms with Crippen LogP contribution in [0.4, 0.5) is 4.79 Å². The first-order valence-electron chi connectivity index (χ1n) is 8.95. The van der Waals surface area contributed by atoms with Gasteiger partial charge in [-0.2, -0.15) is 0 Å². The van der Waals surface area contributed by atoms with Gasteiger partial charge in [-0.25, -0.2) is 4.79 Å². The predicted octanol–water partition coefficient (Wildman–Crippen LogP) is 1.70. The van der Waals surface area contributed by atoms with Gasteiger partial charge in [0.1, 0.15) is 0 Å². The second kappa shape index (κ2) is 8.52. The third-order valence-electron chi connectivity index (χ3n) is 5.19. The molecule has 2 aliphatic rings. The Bertz CT molecular complexity index is 398. The second-order valence-corrected chi connectivity index (χ2v) is 6.86. The highest BCUT2D eigenvalue weighted by atomic mass is 16.6. The molecule has 2 amide bonds. The molecule has 0 aromatic heterocycles. The molecule has 1 aliphatic carbocycles. The van der Waals surface area contributed by atoms with Crippen LogP contribution in [0.15, 0.2) is 0 Å². The van der Waals surface area contributed by atoms with E-state index in [0.717, 1.165) is 0 Å². The summed E-state index contributed by atoms with van der Waals surface area (Å²) in [6, 6.07) is 0.438. The Morgan fingerprint density at radius 1 is 1.04 bits per heavy atom. The number of nitrogens with zero attached hydrogens (tertiary/aromatic N) is 2. The second-order valence-electron chi connectivity index (χ2n) is 6.86. The molecule has 6 heteroatoms. The van der Waals surface area contributed by atoms with Crippen LogP contribution in [-0.2, 0) is 9.53 Å². The van der Waals surface area contributed by atoms with Crippen LogP contribution in [0.5, 0.6) is 0 Å². The van der Waals surface area contributed by atoms with Crippen LogP contribution < -0.4 is 5.32 Å². The molecule has 1 heterocycles. The van der Waals surface area contributed by atoms with Gasteiger partial charge < -0.3 is 19.9 Å². The highest BCUT2D eigenvalue weighted by Crippen LogP contribution is 2.28. The molecule has 1 aliphatic heterocycles. The fourth-order valence-electron chi connectivity index (χ4n) is 3.75. The maximum Gasteiger partial charge on any atom is 0.409 e. The lowest BCUT2D eigenvalue weighted by atomic mass is 9.79. The Balaban J connectivity index is 1.73. The summed E-state index contributed by atoms with van der Waals surface area (Å²) in [5.74, 6) is 1.40. The van der Waals surface area contributed by atoms with E-state index in [1.165, 1.54) is 19.3 Å². The quantitative estimate of drug-likeness (QED) is 0.854. The topological polar surface area (TPSA) is 61.9 Å². The fourth-order valence-corrected chi connectivity index (χ4v) is 3.75. The summed E-state index contributed by atoms with van der Waals surface area (Å²) in [7, 11) is 0. The van der Waals surface area contributed by atoms with E-state index < -0.39 is 0 Å². The highest BCUT2D eigenvalue weighted by molar-refractivity contribution is 5.78. The van der Waals surface area contributed by atoms with Crippen LogP contribution in [0, 0.1) is 11.8 Å². The Hall–Kier alpha value is -1.30. The smallest absolute Gasteiger partial charge is 0.409 e. The van der Waals surface area contributed by atoms with Crippen LogP contribution in [-0.4, -0.2) is 67.2 Å². The van der Waals surface area contributed by atoms with Gasteiger partial charge in [0.2, 0.25) is 5.91 Å². The first kappa shape index (κ1) is 18.0. The first-order chi connectivity index (χ1) is 11.0. The van der Waals surface area contributed by atoms with E-state index in [9.17, 15) is 9.59 Å². The minimum Gasteiger partial charge on any atom is -0.450 e. The largest absolute Gasteiger partial charge is 0.450 e. The fraction of sp³-hybridized carbons (Fsp3) is 0.882. The number of carbonyl (C=O) groups is 2. The van der Waals surface area contributed by atoms with E-state index >= 15 is 0 Å². The van der Waals surface area contributed by atoms with E-state index in [4.69, 9.17) is 4.74 Å². The highest BCUT2D eigenvalue weighted by Gasteiger charge is 2.29. The van der Waals surface area contributed by atoms with E-state index in [2.05, 4.69) is 19.2 Å². The summed E-state index contributed by atoms with van der Waals surface area (Å²) in [5, 5.41) is 3.48. The molecular formula is C17H31N3O3. The lowest BCUT2D eigenvalue weighted by Gasteiger charge is -2.37. The van der Waals surface area contributed by atoms with Crippen molar-refractivity contribution in [3.8, 4) is 0 Å². The third-order valence-corrected chi connectivity index (χ3v) is 5.19. The Kier molecular flexibility index (Phi) is 6.69. The molecule has 0 spiro atoms. The lowest BCUT2D eigenvalue weighted by molar-refractivity contribution is -0.132. The van der Waals surface area contributed by atoms with Crippen molar-refractivity contribution in [3.05, 3.63) is 0 Å². The Morgan fingerprint density at radius 2 is 1.61 bits per heavy atom. The SMILES string of the molecule is CCOC(=O)N1CCN(C(=O)CNC2C(C)CCCC2C)CC1. The standard InChI is InChI=1S/C17H31N3O3/c1-4-23-17(22)20-10-8-19(9-11-20)15(21)12-18-16-13(2)6-5-7-14(16)3/h13-14,16,18H,4-12H2,1-3H3. The van der Waals surface area contributed by atoms with Gasteiger partial charge >= 0.3 is 6.09 Å². The summed E-state index contributed by atoms with van der Waals surface area (Å²) in [6.07, 6.45) is 3.51. The zero-order chi connectivity index (χ0) is 16.8. The molecule has 2 fully saturated rings. The van der Waals surface area contributed by atoms with Gasteiger partial charge in [-0.3, -0.25) is 4.79 Å². The maximum absolute atomic E-state index is 12.4. The van der Waals surface area contributed by atoms with Gasteiger partial charge in [-0.05, 0) is 31.6 Å². The zero-order valence-electron chi connectivity index (χ0n) is 14.7. The Morgan fingerprint density at radius 3 is 2.17 bits per heavy atom. The molecule has 0 aromatic rings. The molecular weight excluding hydrogens is 294 g/mol. The van der Waals surface area contributed by atoms with Crippen LogP contribution >= 0.6 is 0 Å². The number of piperazine rings is 1. The van der Waals surface area contributed by atoms with Crippen molar-refractivity contribution in [1.29, 1.82) is 0 Å². The number of ether oxygens (including phenoxy) is 1. The number of nitrogens with one attached hydrogen (secondary N) is 1. The maximum atomic E-state index is 12.4. The van der Waals surface area contributed by atoms with Gasteiger partial charge in [-0.1, -0.05) is 20.3 Å². The minimum atomic E-state index is -0.275. The number of amides is 2. The van der Waals surface area contributed by atoms with Gasteiger partial charge in [0.25, 0.3) is 0 Å². The molecule has 23 heavy (non-hydrogen) atoms. The lowest BCUT2D eigenvalue weighted by Crippen LogP contribution is -2.54. The number of hydrogen-bond acceptors (Lipinski definition) is 4. The molecule has 6 nitrogen and oxygen atoms in total. The summed E-state index contributed by atoms with van der Waals surface area (Å²) in [5.41, 5.74) is 0. The molecule has 2 rings (SSSR count). The van der Waals surface area contributed by atoms with Gasteiger partial charge in [0, 0.05) is 32.2 Å². The van der Waals surface area contributed by atoms with Crippen molar-refractivity contribution in [2.75, 3.05) is 39.3 Å². The van der Waals surface area contributed by atoms with Crippen molar-refractivity contribution in [1.82, 2.24) is 15.1 Å². The number of carbonyl (C=O) groups excluding carboxylic acids is 2. The summed E-state index contributed by atoms with van der Waals surface area (Å²) >= 11 is 0. The van der Waals surface area contributed by atoms with E-state index in [1.807, 2.05) is 4.90 Å².